The van der Waals surface area contributed by atoms with E-state index >= 15 is 0 Å². The average Bonchev–Trinajstić information content (AvgIpc) is 0. The fourth-order valence-electron chi connectivity index (χ4n) is 0. The molecule has 4 heavy (non-hydrogen) atoms. The van der Waals surface area contributed by atoms with Gasteiger partial charge in [-0.25, -0.2) is 0 Å². The monoisotopic (exact) mass is 387 g/mol. The average molecular weight is 388 g/mol. The van der Waals surface area contributed by atoms with E-state index in [2.05, 4.69) is 0 Å². The molecule has 0 spiro atoms. The molecule has 0 bridgehead atoms. The van der Waals surface area contributed by atoms with Crippen LogP contribution in [0.4, 0.5) is 0 Å². The molecule has 1 radical (unpaired) electrons. The Kier molecular flexibility index (Phi) is 163. The Bertz CT molecular complexity index is 8.00. The third kappa shape index (κ3) is 8.88. The largest absolute Gasteiger partial charge is 0 e. The minimum absolute atomic E-state index is 0. The van der Waals surface area contributed by atoms with Gasteiger partial charge in [0, 0.05) is 41.9 Å². The predicted molar refractivity (Wildman–Crippen MR) is 13.6 cm³/mol. The molecule has 0 heterocycles. The second kappa shape index (κ2) is 18.9. The third-order valence-corrected chi connectivity index (χ3v) is 0. The third-order valence-electron chi connectivity index (χ3n) is 0. The van der Waals surface area contributed by atoms with Crippen molar-refractivity contribution in [3.63, 3.8) is 0 Å². The fourth-order valence-corrected chi connectivity index (χ4v) is 0. The minimum Gasteiger partial charge on any atom is 0 e. The Morgan fingerprint density at radius 3 is 1.00 bits per heavy atom. The summed E-state index contributed by atoms with van der Waals surface area (Å²) in [6.07, 6.45) is 0. The maximum absolute atomic E-state index is 0. The van der Waals surface area contributed by atoms with E-state index in [-0.39, 0.29) is 73.5 Å². The Morgan fingerprint density at radius 1 is 1.00 bits per heavy atom. The van der Waals surface area contributed by atoms with E-state index in [1.54, 1.807) is 0 Å². The summed E-state index contributed by atoms with van der Waals surface area (Å²) >= 11 is 0. The van der Waals surface area contributed by atoms with Crippen LogP contribution < -0.4 is 0 Å². The topological polar surface area (TPSA) is 31.5 Å². The van der Waals surface area contributed by atoms with E-state index in [1.165, 1.54) is 0 Å². The molecule has 0 aromatic carbocycles. The Hall–Kier alpha value is 2.21. The molecule has 4 heteroatoms. The molecular weight excluding hydrogens is 383 g/mol. The Balaban J connectivity index is 0. The van der Waals surface area contributed by atoms with Crippen LogP contribution >= 0.6 is 0 Å². The smallest absolute Gasteiger partial charge is 0 e. The van der Waals surface area contributed by atoms with Crippen LogP contribution in [-0.4, -0.2) is 31.7 Å². The van der Waals surface area contributed by atoms with Gasteiger partial charge in [0.05, 0.1) is 0 Å². The zero-order chi connectivity index (χ0) is 0. The number of hydrogen-bond donors (Lipinski definition) is 0. The van der Waals surface area contributed by atoms with Crippen molar-refractivity contribution in [2.45, 2.75) is 0 Å². The standard InChI is InChI=1S/Bi.Nb.H2O.Zn.3H/h;;1H2;;;;. The number of hydrogen-bond acceptors (Lipinski definition) is 0. The van der Waals surface area contributed by atoms with Crippen molar-refractivity contribution in [1.29, 1.82) is 0 Å². The van der Waals surface area contributed by atoms with Gasteiger partial charge in [-0.05, 0) is 0 Å². The first kappa shape index (κ1) is 34.6. The fraction of sp³-hybridized carbons (Fsp3) is 0. The zero-order valence-electron chi connectivity index (χ0n) is 2.36. The zero-order valence-corrected chi connectivity index (χ0v) is 13.0. The van der Waals surface area contributed by atoms with Crippen LogP contribution in [0, 0.1) is 0 Å². The van der Waals surface area contributed by atoms with Crippen LogP contribution in [0.5, 0.6) is 0 Å². The molecule has 0 aliphatic heterocycles. The van der Waals surface area contributed by atoms with Crippen molar-refractivity contribution < 1.29 is 47.3 Å². The normalized spacial score (nSPS) is 0. The molecule has 0 aromatic rings. The summed E-state index contributed by atoms with van der Waals surface area (Å²) in [5.74, 6) is 0. The molecule has 0 fully saturated rings. The van der Waals surface area contributed by atoms with Crippen LogP contribution in [0.1, 0.15) is 0 Å². The van der Waals surface area contributed by atoms with Gasteiger partial charge in [-0.2, -0.15) is 0 Å². The van der Waals surface area contributed by atoms with Crippen molar-refractivity contribution >= 4 is 26.2 Å². The van der Waals surface area contributed by atoms with Gasteiger partial charge < -0.3 is 5.48 Å². The first-order valence-electron chi connectivity index (χ1n) is 0. The minimum atomic E-state index is 0. The first-order chi connectivity index (χ1) is 0. The van der Waals surface area contributed by atoms with E-state index in [4.69, 9.17) is 0 Å². The van der Waals surface area contributed by atoms with Gasteiger partial charge in [0.1, 0.15) is 0 Å². The van der Waals surface area contributed by atoms with Crippen LogP contribution in [0.15, 0.2) is 0 Å². The van der Waals surface area contributed by atoms with Crippen LogP contribution in [0.25, 0.3) is 0 Å². The van der Waals surface area contributed by atoms with Crippen LogP contribution in [0.3, 0.4) is 0 Å². The molecule has 0 rings (SSSR count). The molecule has 0 atom stereocenters. The molecule has 0 unspecified atom stereocenters. The summed E-state index contributed by atoms with van der Waals surface area (Å²) in [5.41, 5.74) is 0. The summed E-state index contributed by atoms with van der Waals surface area (Å²) in [7, 11) is 0. The SMILES string of the molecule is O.[BiH3].[Nb].[Zn]. The predicted octanol–water partition coefficient (Wildman–Crippen LogP) is -2.01. The maximum atomic E-state index is 0. The molecule has 0 aromatic heterocycles. The molecule has 0 aliphatic carbocycles. The molecule has 0 aliphatic rings. The van der Waals surface area contributed by atoms with E-state index in [0.717, 1.165) is 0 Å². The van der Waals surface area contributed by atoms with Gasteiger partial charge in [-0.3, -0.25) is 0 Å². The van der Waals surface area contributed by atoms with Crippen LogP contribution in [0.2, 0.25) is 0 Å². The summed E-state index contributed by atoms with van der Waals surface area (Å²) in [5, 5.41) is 0. The van der Waals surface area contributed by atoms with Gasteiger partial charge in [0.25, 0.3) is 0 Å². The summed E-state index contributed by atoms with van der Waals surface area (Å²) in [6, 6.07) is 0. The van der Waals surface area contributed by atoms with Gasteiger partial charge in [0.15, 0.2) is 0 Å². The molecule has 23 valence electrons. The van der Waals surface area contributed by atoms with Crippen molar-refractivity contribution in [1.82, 2.24) is 0 Å². The van der Waals surface area contributed by atoms with Crippen molar-refractivity contribution in [3.05, 3.63) is 0 Å². The van der Waals surface area contributed by atoms with E-state index in [0.29, 0.717) is 0 Å². The summed E-state index contributed by atoms with van der Waals surface area (Å²) < 4.78 is 0. The van der Waals surface area contributed by atoms with Gasteiger partial charge in [0.2, 0.25) is 0 Å². The quantitative estimate of drug-likeness (QED) is 0.430. The molecule has 0 saturated carbocycles. The summed E-state index contributed by atoms with van der Waals surface area (Å²) in [6.45, 7) is 0. The van der Waals surface area contributed by atoms with Crippen molar-refractivity contribution in [2.75, 3.05) is 0 Å². The Labute approximate surface area is 72.6 Å². The molecule has 2 N–H and O–H groups in total. The second-order valence-electron chi connectivity index (χ2n) is 0. The van der Waals surface area contributed by atoms with Crippen LogP contribution in [-0.2, 0) is 41.9 Å². The van der Waals surface area contributed by atoms with Gasteiger partial charge in [-0.15, -0.1) is 0 Å². The molecule has 0 amide bonds. The Morgan fingerprint density at radius 2 is 1.00 bits per heavy atom. The first-order valence-corrected chi connectivity index (χ1v) is 0. The van der Waals surface area contributed by atoms with E-state index < -0.39 is 0 Å². The molecule has 0 saturated heterocycles. The number of rotatable bonds is 0. The van der Waals surface area contributed by atoms with Crippen molar-refractivity contribution in [3.8, 4) is 0 Å². The summed E-state index contributed by atoms with van der Waals surface area (Å²) in [4.78, 5) is 0. The van der Waals surface area contributed by atoms with E-state index in [1.807, 2.05) is 0 Å². The second-order valence-corrected chi connectivity index (χ2v) is 0. The maximum Gasteiger partial charge on any atom is 0 e. The van der Waals surface area contributed by atoms with Crippen molar-refractivity contribution in [2.24, 2.45) is 0 Å². The van der Waals surface area contributed by atoms with Gasteiger partial charge in [-0.1, -0.05) is 0 Å². The van der Waals surface area contributed by atoms with E-state index in [9.17, 15) is 0 Å². The molecule has 1 nitrogen and oxygen atoms in total. The van der Waals surface area contributed by atoms with Gasteiger partial charge >= 0.3 is 26.2 Å². The molecular formula is H5BiNbOZn.